The van der Waals surface area contributed by atoms with E-state index in [4.69, 9.17) is 27.9 Å². The van der Waals surface area contributed by atoms with Gasteiger partial charge in [-0.15, -0.1) is 0 Å². The van der Waals surface area contributed by atoms with Crippen LogP contribution in [0, 0.1) is 6.92 Å². The summed E-state index contributed by atoms with van der Waals surface area (Å²) in [7, 11) is 1.71. The smallest absolute Gasteiger partial charge is 0.262 e. The molecule has 0 fully saturated rings. The molecule has 5 nitrogen and oxygen atoms in total. The lowest BCUT2D eigenvalue weighted by Crippen LogP contribution is -2.26. The van der Waals surface area contributed by atoms with Crippen molar-refractivity contribution in [3.8, 4) is 5.75 Å². The molecule has 3 aromatic carbocycles. The number of anilines is 2. The van der Waals surface area contributed by atoms with Crippen molar-refractivity contribution in [3.05, 3.63) is 87.9 Å². The Morgan fingerprint density at radius 3 is 2.23 bits per heavy atom. The maximum Gasteiger partial charge on any atom is 0.262 e. The Hall–Kier alpha value is -3.02. The molecule has 0 aliphatic heterocycles. The number of benzene rings is 3. The van der Waals surface area contributed by atoms with Gasteiger partial charge < -0.3 is 15.0 Å². The van der Waals surface area contributed by atoms with E-state index in [2.05, 4.69) is 5.32 Å². The predicted molar refractivity (Wildman–Crippen MR) is 121 cm³/mol. The molecule has 0 aliphatic carbocycles. The van der Waals surface area contributed by atoms with Crippen LogP contribution in [0.4, 0.5) is 11.4 Å². The maximum absolute atomic E-state index is 12.6. The molecule has 3 rings (SSSR count). The minimum atomic E-state index is -0.330. The van der Waals surface area contributed by atoms with Gasteiger partial charge in [-0.2, -0.15) is 0 Å². The lowest BCUT2D eigenvalue weighted by molar-refractivity contribution is -0.118. The van der Waals surface area contributed by atoms with Crippen molar-refractivity contribution in [2.75, 3.05) is 23.9 Å². The fourth-order valence-electron chi connectivity index (χ4n) is 2.69. The van der Waals surface area contributed by atoms with Crippen molar-refractivity contribution >= 4 is 46.4 Å². The van der Waals surface area contributed by atoms with Crippen LogP contribution in [0.25, 0.3) is 0 Å². The number of rotatable bonds is 6. The molecule has 0 aromatic heterocycles. The molecule has 0 aliphatic rings. The molecule has 2 amide bonds. The number of carbonyl (C=O) groups excluding carboxylic acids is 2. The number of nitrogens with one attached hydrogen (secondary N) is 1. The number of amides is 2. The van der Waals surface area contributed by atoms with Gasteiger partial charge >= 0.3 is 0 Å². The lowest BCUT2D eigenvalue weighted by Gasteiger charge is -2.18. The molecule has 0 spiro atoms. The number of hydrogen-bond acceptors (Lipinski definition) is 3. The average Bonchev–Trinajstić information content (AvgIpc) is 2.75. The van der Waals surface area contributed by atoms with E-state index in [1.165, 1.54) is 0 Å². The SMILES string of the molecule is Cc1ccc(C(=O)N(C)c2ccc(OCC(=O)Nc3ccc(Cl)c(Cl)c3)cc2)cc1. The maximum atomic E-state index is 12.6. The Morgan fingerprint density at radius 1 is 0.933 bits per heavy atom. The molecular formula is C23H20Cl2N2O3. The van der Waals surface area contributed by atoms with Crippen LogP contribution < -0.4 is 15.0 Å². The van der Waals surface area contributed by atoms with Crippen molar-refractivity contribution in [1.29, 1.82) is 0 Å². The third kappa shape index (κ3) is 5.53. The monoisotopic (exact) mass is 442 g/mol. The fourth-order valence-corrected chi connectivity index (χ4v) is 2.99. The zero-order chi connectivity index (χ0) is 21.7. The van der Waals surface area contributed by atoms with Crippen LogP contribution in [-0.2, 0) is 4.79 Å². The summed E-state index contributed by atoms with van der Waals surface area (Å²) in [5.41, 5.74) is 2.96. The number of halogens is 2. The number of aryl methyl sites for hydroxylation is 1. The number of ether oxygens (including phenoxy) is 1. The van der Waals surface area contributed by atoms with Gasteiger partial charge in [-0.05, 0) is 61.5 Å². The lowest BCUT2D eigenvalue weighted by atomic mass is 10.1. The van der Waals surface area contributed by atoms with Crippen molar-refractivity contribution in [3.63, 3.8) is 0 Å². The fraction of sp³-hybridized carbons (Fsp3) is 0.130. The normalized spacial score (nSPS) is 10.4. The van der Waals surface area contributed by atoms with Crippen molar-refractivity contribution in [2.24, 2.45) is 0 Å². The summed E-state index contributed by atoms with van der Waals surface area (Å²) in [4.78, 5) is 26.2. The Balaban J connectivity index is 1.56. The van der Waals surface area contributed by atoms with Crippen molar-refractivity contribution in [1.82, 2.24) is 0 Å². The van der Waals surface area contributed by atoms with Crippen LogP contribution in [0.1, 0.15) is 15.9 Å². The Bertz CT molecular complexity index is 1050. The molecule has 30 heavy (non-hydrogen) atoms. The standard InChI is InChI=1S/C23H20Cl2N2O3/c1-15-3-5-16(6-4-15)23(29)27(2)18-8-10-19(11-9-18)30-14-22(28)26-17-7-12-20(24)21(25)13-17/h3-13H,14H2,1-2H3,(H,26,28). The molecule has 0 saturated carbocycles. The van der Waals surface area contributed by atoms with E-state index in [1.807, 2.05) is 19.1 Å². The van der Waals surface area contributed by atoms with E-state index < -0.39 is 0 Å². The molecule has 7 heteroatoms. The van der Waals surface area contributed by atoms with Gasteiger partial charge in [-0.1, -0.05) is 40.9 Å². The molecule has 1 N–H and O–H groups in total. The van der Waals surface area contributed by atoms with E-state index >= 15 is 0 Å². The highest BCUT2D eigenvalue weighted by Gasteiger charge is 2.13. The third-order valence-electron chi connectivity index (χ3n) is 4.40. The van der Waals surface area contributed by atoms with Crippen LogP contribution in [0.3, 0.4) is 0 Å². The van der Waals surface area contributed by atoms with Gasteiger partial charge in [0.1, 0.15) is 5.75 Å². The topological polar surface area (TPSA) is 58.6 Å². The van der Waals surface area contributed by atoms with Crippen LogP contribution in [0.2, 0.25) is 10.0 Å². The first kappa shape index (κ1) is 21.7. The number of hydrogen-bond donors (Lipinski definition) is 1. The van der Waals surface area contributed by atoms with E-state index in [0.717, 1.165) is 5.56 Å². The second-order valence-electron chi connectivity index (χ2n) is 6.69. The molecule has 0 bridgehead atoms. The summed E-state index contributed by atoms with van der Waals surface area (Å²) in [5, 5.41) is 3.46. The summed E-state index contributed by atoms with van der Waals surface area (Å²) in [6.07, 6.45) is 0. The molecule has 0 radical (unpaired) electrons. The summed E-state index contributed by atoms with van der Waals surface area (Å²) in [5.74, 6) is 0.0769. The Kier molecular flexibility index (Phi) is 6.98. The second kappa shape index (κ2) is 9.65. The van der Waals surface area contributed by atoms with Crippen molar-refractivity contribution in [2.45, 2.75) is 6.92 Å². The third-order valence-corrected chi connectivity index (χ3v) is 5.14. The first-order chi connectivity index (χ1) is 14.3. The van der Waals surface area contributed by atoms with E-state index in [-0.39, 0.29) is 18.4 Å². The summed E-state index contributed by atoms with van der Waals surface area (Å²) in [6, 6.07) is 19.2. The first-order valence-corrected chi connectivity index (χ1v) is 9.91. The predicted octanol–water partition coefficient (Wildman–Crippen LogP) is 5.60. The minimum absolute atomic E-state index is 0.107. The second-order valence-corrected chi connectivity index (χ2v) is 7.50. The molecule has 0 saturated heterocycles. The first-order valence-electron chi connectivity index (χ1n) is 9.16. The van der Waals surface area contributed by atoms with Crippen LogP contribution in [0.15, 0.2) is 66.7 Å². The molecule has 154 valence electrons. The van der Waals surface area contributed by atoms with Gasteiger partial charge in [-0.25, -0.2) is 0 Å². The molecule has 0 atom stereocenters. The van der Waals surface area contributed by atoms with Gasteiger partial charge in [0.25, 0.3) is 11.8 Å². The van der Waals surface area contributed by atoms with E-state index in [9.17, 15) is 9.59 Å². The largest absolute Gasteiger partial charge is 0.484 e. The van der Waals surface area contributed by atoms with Crippen molar-refractivity contribution < 1.29 is 14.3 Å². The van der Waals surface area contributed by atoms with E-state index in [1.54, 1.807) is 66.5 Å². The van der Waals surface area contributed by atoms with Crippen LogP contribution in [0.5, 0.6) is 5.75 Å². The summed E-state index contributed by atoms with van der Waals surface area (Å²) < 4.78 is 5.51. The van der Waals surface area contributed by atoms with Crippen LogP contribution >= 0.6 is 23.2 Å². The summed E-state index contributed by atoms with van der Waals surface area (Å²) in [6.45, 7) is 1.80. The van der Waals surface area contributed by atoms with Gasteiger partial charge in [0.15, 0.2) is 6.61 Å². The van der Waals surface area contributed by atoms with Gasteiger partial charge in [0.2, 0.25) is 0 Å². The number of nitrogens with zero attached hydrogens (tertiary/aromatic N) is 1. The zero-order valence-electron chi connectivity index (χ0n) is 16.5. The quantitative estimate of drug-likeness (QED) is 0.540. The molecule has 0 unspecified atom stereocenters. The molecule has 0 heterocycles. The summed E-state index contributed by atoms with van der Waals surface area (Å²) >= 11 is 11.8. The Morgan fingerprint density at radius 2 is 1.60 bits per heavy atom. The van der Waals surface area contributed by atoms with E-state index in [0.29, 0.717) is 32.7 Å². The van der Waals surface area contributed by atoms with Crippen LogP contribution in [-0.4, -0.2) is 25.5 Å². The van der Waals surface area contributed by atoms with Gasteiger partial charge in [0.05, 0.1) is 10.0 Å². The zero-order valence-corrected chi connectivity index (χ0v) is 18.0. The highest BCUT2D eigenvalue weighted by molar-refractivity contribution is 6.42. The Labute approximate surface area is 185 Å². The van der Waals surface area contributed by atoms with Gasteiger partial charge in [-0.3, -0.25) is 9.59 Å². The minimum Gasteiger partial charge on any atom is -0.484 e. The van der Waals surface area contributed by atoms with Gasteiger partial charge in [0, 0.05) is 24.0 Å². The highest BCUT2D eigenvalue weighted by Crippen LogP contribution is 2.25. The molecule has 3 aromatic rings. The average molecular weight is 443 g/mol. The number of carbonyl (C=O) groups is 2. The highest BCUT2D eigenvalue weighted by atomic mass is 35.5. The molecular weight excluding hydrogens is 423 g/mol.